The first-order valence-electron chi connectivity index (χ1n) is 6.69. The predicted molar refractivity (Wildman–Crippen MR) is 80.2 cm³/mol. The number of nitrogens with two attached hydrogens (primary N) is 1. The number of nitrogens with one attached hydrogen (secondary N) is 1. The lowest BCUT2D eigenvalue weighted by atomic mass is 10.1. The number of rotatable bonds is 5. The van der Waals surface area contributed by atoms with Gasteiger partial charge in [0, 0.05) is 5.69 Å². The molecule has 0 aliphatic rings. The van der Waals surface area contributed by atoms with E-state index in [0.29, 0.717) is 17.7 Å². The maximum Gasteiger partial charge on any atom is 0.337 e. The summed E-state index contributed by atoms with van der Waals surface area (Å²) in [7, 11) is 1.31. The van der Waals surface area contributed by atoms with Crippen LogP contribution >= 0.6 is 0 Å². The number of ether oxygens (including phenoxy) is 1. The van der Waals surface area contributed by atoms with Crippen molar-refractivity contribution in [2.24, 2.45) is 0 Å². The van der Waals surface area contributed by atoms with Crippen LogP contribution in [-0.2, 0) is 22.5 Å². The van der Waals surface area contributed by atoms with E-state index in [4.69, 9.17) is 5.73 Å². The Hall–Kier alpha value is -2.90. The van der Waals surface area contributed by atoms with Crippen molar-refractivity contribution in [2.75, 3.05) is 18.2 Å². The highest BCUT2D eigenvalue weighted by molar-refractivity contribution is 5.95. The van der Waals surface area contributed by atoms with E-state index in [0.717, 1.165) is 5.56 Å². The Kier molecular flexibility index (Phi) is 4.72. The number of aromatic nitrogens is 3. The van der Waals surface area contributed by atoms with Gasteiger partial charge in [-0.1, -0.05) is 13.0 Å². The van der Waals surface area contributed by atoms with Crippen LogP contribution in [-0.4, -0.2) is 33.8 Å². The average Bonchev–Trinajstić information content (AvgIpc) is 2.91. The number of esters is 1. The molecule has 0 saturated heterocycles. The minimum absolute atomic E-state index is 0.0180. The zero-order valence-electron chi connectivity index (χ0n) is 12.4. The minimum atomic E-state index is -0.456. The van der Waals surface area contributed by atoms with Crippen LogP contribution in [0.2, 0.25) is 0 Å². The Labute approximate surface area is 127 Å². The summed E-state index contributed by atoms with van der Waals surface area (Å²) in [6.07, 6.45) is 2.09. The lowest BCUT2D eigenvalue weighted by Gasteiger charge is -2.11. The molecule has 8 heteroatoms. The number of nitrogen functional groups attached to an aromatic ring is 1. The number of carbonyl (C=O) groups is 2. The van der Waals surface area contributed by atoms with Crippen LogP contribution in [0.25, 0.3) is 0 Å². The number of carbonyl (C=O) groups excluding carboxylic acids is 2. The molecular weight excluding hydrogens is 286 g/mol. The Morgan fingerprint density at radius 2 is 2.18 bits per heavy atom. The summed E-state index contributed by atoms with van der Waals surface area (Å²) in [5.74, 6) is -0.640. The first kappa shape index (κ1) is 15.5. The molecule has 1 aromatic heterocycles. The molecule has 0 aliphatic carbocycles. The molecule has 0 aliphatic heterocycles. The van der Waals surface area contributed by atoms with Gasteiger partial charge in [-0.15, -0.1) is 5.10 Å². The van der Waals surface area contributed by atoms with Gasteiger partial charge in [-0.3, -0.25) is 4.79 Å². The summed E-state index contributed by atoms with van der Waals surface area (Å²) >= 11 is 0. The van der Waals surface area contributed by atoms with E-state index < -0.39 is 5.97 Å². The number of hydrogen-bond acceptors (Lipinski definition) is 6. The molecule has 0 bridgehead atoms. The van der Waals surface area contributed by atoms with Crippen LogP contribution < -0.4 is 11.1 Å². The number of anilines is 2. The van der Waals surface area contributed by atoms with Gasteiger partial charge in [0.1, 0.15) is 12.9 Å². The van der Waals surface area contributed by atoms with Gasteiger partial charge in [0.25, 0.3) is 0 Å². The number of nitrogens with zero attached hydrogens (tertiary/aromatic N) is 3. The Morgan fingerprint density at radius 1 is 1.41 bits per heavy atom. The number of methoxy groups -OCH3 is 1. The van der Waals surface area contributed by atoms with Gasteiger partial charge in [-0.25, -0.2) is 14.5 Å². The van der Waals surface area contributed by atoms with Crippen molar-refractivity contribution in [3.63, 3.8) is 0 Å². The second-order valence-corrected chi connectivity index (χ2v) is 4.57. The number of aryl methyl sites for hydroxylation is 1. The van der Waals surface area contributed by atoms with Crippen LogP contribution in [0, 0.1) is 0 Å². The van der Waals surface area contributed by atoms with E-state index in [9.17, 15) is 9.59 Å². The van der Waals surface area contributed by atoms with Crippen LogP contribution in [0.4, 0.5) is 11.6 Å². The van der Waals surface area contributed by atoms with E-state index >= 15 is 0 Å². The maximum atomic E-state index is 12.1. The fourth-order valence-corrected chi connectivity index (χ4v) is 1.97. The molecule has 2 rings (SSSR count). The molecule has 8 nitrogen and oxygen atoms in total. The molecule has 1 amide bonds. The van der Waals surface area contributed by atoms with Crippen molar-refractivity contribution in [1.29, 1.82) is 0 Å². The van der Waals surface area contributed by atoms with Crippen LogP contribution in [0.1, 0.15) is 22.8 Å². The van der Waals surface area contributed by atoms with Crippen molar-refractivity contribution in [1.82, 2.24) is 14.8 Å². The fourth-order valence-electron chi connectivity index (χ4n) is 1.97. The summed E-state index contributed by atoms with van der Waals surface area (Å²) in [5, 5.41) is 6.60. The highest BCUT2D eigenvalue weighted by atomic mass is 16.5. The molecular formula is C14H17N5O3. The lowest BCUT2D eigenvalue weighted by Crippen LogP contribution is -2.20. The average molecular weight is 303 g/mol. The predicted octanol–water partition coefficient (Wildman–Crippen LogP) is 0.848. The third kappa shape index (κ3) is 3.60. The third-order valence-corrected chi connectivity index (χ3v) is 3.05. The van der Waals surface area contributed by atoms with E-state index in [2.05, 4.69) is 20.1 Å². The number of amides is 1. The standard InChI is InChI=1S/C14H17N5O3/c1-3-9-4-5-10(13(21)22-2)6-11(9)17-12(20)7-19-8-16-14(15)18-19/h4-6,8H,3,7H2,1-2H3,(H2,15,18)(H,17,20). The topological polar surface area (TPSA) is 112 Å². The largest absolute Gasteiger partial charge is 0.465 e. The van der Waals surface area contributed by atoms with Crippen LogP contribution in [0.3, 0.4) is 0 Å². The third-order valence-electron chi connectivity index (χ3n) is 3.05. The number of hydrogen-bond donors (Lipinski definition) is 2. The molecule has 22 heavy (non-hydrogen) atoms. The molecule has 1 heterocycles. The van der Waals surface area contributed by atoms with Gasteiger partial charge in [-0.2, -0.15) is 0 Å². The van der Waals surface area contributed by atoms with E-state index in [1.807, 2.05) is 6.92 Å². The lowest BCUT2D eigenvalue weighted by molar-refractivity contribution is -0.116. The molecule has 2 aromatic rings. The van der Waals surface area contributed by atoms with Gasteiger partial charge < -0.3 is 15.8 Å². The zero-order chi connectivity index (χ0) is 16.1. The van der Waals surface area contributed by atoms with Crippen molar-refractivity contribution in [2.45, 2.75) is 19.9 Å². The second-order valence-electron chi connectivity index (χ2n) is 4.57. The first-order valence-corrected chi connectivity index (χ1v) is 6.69. The molecule has 1 aromatic carbocycles. The van der Waals surface area contributed by atoms with Crippen molar-refractivity contribution < 1.29 is 14.3 Å². The Bertz CT molecular complexity index is 696. The van der Waals surface area contributed by atoms with E-state index in [1.165, 1.54) is 18.1 Å². The molecule has 116 valence electrons. The molecule has 0 saturated carbocycles. The van der Waals surface area contributed by atoms with Crippen molar-refractivity contribution >= 4 is 23.5 Å². The second kappa shape index (κ2) is 6.70. The highest BCUT2D eigenvalue weighted by Crippen LogP contribution is 2.19. The van der Waals surface area contributed by atoms with Gasteiger partial charge in [0.05, 0.1) is 12.7 Å². The summed E-state index contributed by atoms with van der Waals surface area (Å²) in [6, 6.07) is 5.05. The van der Waals surface area contributed by atoms with Gasteiger partial charge in [0.2, 0.25) is 11.9 Å². The first-order chi connectivity index (χ1) is 10.5. The van der Waals surface area contributed by atoms with Crippen molar-refractivity contribution in [3.05, 3.63) is 35.7 Å². The molecule has 0 atom stereocenters. The normalized spacial score (nSPS) is 10.3. The number of benzene rings is 1. The maximum absolute atomic E-state index is 12.1. The summed E-state index contributed by atoms with van der Waals surface area (Å²) in [6.45, 7) is 1.94. The summed E-state index contributed by atoms with van der Waals surface area (Å²) in [4.78, 5) is 27.4. The quantitative estimate of drug-likeness (QED) is 0.792. The van der Waals surface area contributed by atoms with Crippen LogP contribution in [0.15, 0.2) is 24.5 Å². The zero-order valence-corrected chi connectivity index (χ0v) is 12.4. The van der Waals surface area contributed by atoms with Gasteiger partial charge >= 0.3 is 5.97 Å². The molecule has 3 N–H and O–H groups in total. The molecule has 0 radical (unpaired) electrons. The summed E-state index contributed by atoms with van der Waals surface area (Å²) < 4.78 is 6.01. The van der Waals surface area contributed by atoms with Gasteiger partial charge in [0.15, 0.2) is 0 Å². The fraction of sp³-hybridized carbons (Fsp3) is 0.286. The molecule has 0 spiro atoms. The molecule has 0 fully saturated rings. The highest BCUT2D eigenvalue weighted by Gasteiger charge is 2.12. The van der Waals surface area contributed by atoms with E-state index in [-0.39, 0.29) is 18.4 Å². The Balaban J connectivity index is 2.16. The summed E-state index contributed by atoms with van der Waals surface area (Å²) in [5.41, 5.74) is 7.26. The minimum Gasteiger partial charge on any atom is -0.465 e. The smallest absolute Gasteiger partial charge is 0.337 e. The molecule has 0 unspecified atom stereocenters. The van der Waals surface area contributed by atoms with Crippen molar-refractivity contribution in [3.8, 4) is 0 Å². The van der Waals surface area contributed by atoms with E-state index in [1.54, 1.807) is 18.2 Å². The van der Waals surface area contributed by atoms with Gasteiger partial charge in [-0.05, 0) is 24.1 Å². The van der Waals surface area contributed by atoms with Crippen LogP contribution in [0.5, 0.6) is 0 Å². The SMILES string of the molecule is CCc1ccc(C(=O)OC)cc1NC(=O)Cn1cnc(N)n1. The Morgan fingerprint density at radius 3 is 2.77 bits per heavy atom. The monoisotopic (exact) mass is 303 g/mol.